The van der Waals surface area contributed by atoms with Gasteiger partial charge in [-0.05, 0) is 54.6 Å². The van der Waals surface area contributed by atoms with Crippen molar-refractivity contribution in [1.29, 1.82) is 0 Å². The third-order valence-corrected chi connectivity index (χ3v) is 5.72. The van der Waals surface area contributed by atoms with E-state index in [-0.39, 0.29) is 28.8 Å². The van der Waals surface area contributed by atoms with Gasteiger partial charge >= 0.3 is 0 Å². The van der Waals surface area contributed by atoms with Crippen molar-refractivity contribution in [2.75, 3.05) is 12.9 Å². The minimum atomic E-state index is -1.11. The van der Waals surface area contributed by atoms with Crippen molar-refractivity contribution in [1.82, 2.24) is 14.8 Å². The van der Waals surface area contributed by atoms with E-state index in [1.807, 2.05) is 0 Å². The molecule has 4 rings (SSSR count). The second-order valence-electron chi connectivity index (χ2n) is 6.99. The van der Waals surface area contributed by atoms with E-state index in [4.69, 9.17) is 9.47 Å². The Hall–Kier alpha value is -3.79. The molecule has 0 aliphatic rings. The standard InChI is InChI=1S/C24H18F3N3O3S/c1-32-16-7-9-17(10-8-16)33-13-23-28-29-24(30(23)21-5-3-2-4-19(21)26)34-14-22(31)15-6-11-18(25)20(27)12-15/h2-12H,13-14H2,1H3. The molecular formula is C24H18F3N3O3S. The van der Waals surface area contributed by atoms with Crippen molar-refractivity contribution < 1.29 is 27.4 Å². The Morgan fingerprint density at radius 1 is 0.912 bits per heavy atom. The number of nitrogens with zero attached hydrogens (tertiary/aromatic N) is 3. The third-order valence-electron chi connectivity index (χ3n) is 4.80. The molecule has 34 heavy (non-hydrogen) atoms. The predicted octanol–water partition coefficient (Wildman–Crippen LogP) is 5.25. The van der Waals surface area contributed by atoms with E-state index in [0.717, 1.165) is 23.9 Å². The highest BCUT2D eigenvalue weighted by molar-refractivity contribution is 7.99. The molecule has 1 aromatic heterocycles. The van der Waals surface area contributed by atoms with E-state index in [1.165, 1.54) is 16.7 Å². The van der Waals surface area contributed by atoms with Gasteiger partial charge in [0.05, 0.1) is 18.6 Å². The molecule has 0 saturated carbocycles. The molecule has 0 aliphatic heterocycles. The number of carbonyl (C=O) groups excluding carboxylic acids is 1. The van der Waals surface area contributed by atoms with Gasteiger partial charge < -0.3 is 9.47 Å². The summed E-state index contributed by atoms with van der Waals surface area (Å²) in [5.41, 5.74) is 0.204. The predicted molar refractivity (Wildman–Crippen MR) is 120 cm³/mol. The van der Waals surface area contributed by atoms with Crippen molar-refractivity contribution in [3.05, 3.63) is 95.6 Å². The normalized spacial score (nSPS) is 10.8. The molecule has 0 unspecified atom stereocenters. The SMILES string of the molecule is COc1ccc(OCc2nnc(SCC(=O)c3ccc(F)c(F)c3)n2-c2ccccc2F)cc1. The zero-order valence-corrected chi connectivity index (χ0v) is 18.7. The number of hydrogen-bond donors (Lipinski definition) is 0. The van der Waals surface area contributed by atoms with E-state index in [0.29, 0.717) is 17.3 Å². The molecule has 0 fully saturated rings. The third kappa shape index (κ3) is 5.23. The van der Waals surface area contributed by atoms with Crippen molar-refractivity contribution in [3.63, 3.8) is 0 Å². The molecule has 0 N–H and O–H groups in total. The van der Waals surface area contributed by atoms with Crippen LogP contribution < -0.4 is 9.47 Å². The van der Waals surface area contributed by atoms with Crippen LogP contribution in [0.4, 0.5) is 13.2 Å². The van der Waals surface area contributed by atoms with Crippen LogP contribution in [0.3, 0.4) is 0 Å². The van der Waals surface area contributed by atoms with Crippen LogP contribution in [0.5, 0.6) is 11.5 Å². The number of thioether (sulfide) groups is 1. The van der Waals surface area contributed by atoms with Crippen LogP contribution in [-0.4, -0.2) is 33.4 Å². The van der Waals surface area contributed by atoms with Crippen LogP contribution in [0.1, 0.15) is 16.2 Å². The van der Waals surface area contributed by atoms with E-state index < -0.39 is 23.2 Å². The molecule has 0 bridgehead atoms. The summed E-state index contributed by atoms with van der Waals surface area (Å²) < 4.78 is 53.6. The summed E-state index contributed by atoms with van der Waals surface area (Å²) in [6, 6.07) is 15.9. The quantitative estimate of drug-likeness (QED) is 0.238. The van der Waals surface area contributed by atoms with Crippen molar-refractivity contribution in [2.24, 2.45) is 0 Å². The van der Waals surface area contributed by atoms with Crippen LogP contribution in [0.15, 0.2) is 71.9 Å². The summed E-state index contributed by atoms with van der Waals surface area (Å²) in [4.78, 5) is 12.5. The molecule has 0 aliphatic carbocycles. The average molecular weight is 485 g/mol. The number of carbonyl (C=O) groups is 1. The maximum atomic E-state index is 14.6. The van der Waals surface area contributed by atoms with Crippen LogP contribution in [0.2, 0.25) is 0 Å². The van der Waals surface area contributed by atoms with Crippen molar-refractivity contribution in [3.8, 4) is 17.2 Å². The number of ether oxygens (including phenoxy) is 2. The maximum Gasteiger partial charge on any atom is 0.196 e. The number of benzene rings is 3. The Morgan fingerprint density at radius 3 is 2.35 bits per heavy atom. The summed E-state index contributed by atoms with van der Waals surface area (Å²) >= 11 is 0.996. The number of hydrogen-bond acceptors (Lipinski definition) is 6. The number of aromatic nitrogens is 3. The molecule has 0 atom stereocenters. The second kappa shape index (κ2) is 10.4. The number of para-hydroxylation sites is 1. The van der Waals surface area contributed by atoms with Gasteiger partial charge in [-0.1, -0.05) is 23.9 Å². The van der Waals surface area contributed by atoms with Gasteiger partial charge in [0.25, 0.3) is 0 Å². The fourth-order valence-electron chi connectivity index (χ4n) is 3.07. The first-order valence-corrected chi connectivity index (χ1v) is 11.0. The molecular weight excluding hydrogens is 467 g/mol. The zero-order valence-electron chi connectivity index (χ0n) is 17.9. The summed E-state index contributed by atoms with van der Waals surface area (Å²) in [6.07, 6.45) is 0. The lowest BCUT2D eigenvalue weighted by Crippen LogP contribution is -2.09. The Balaban J connectivity index is 1.56. The number of Topliss-reactive ketones (excluding diaryl/α,β-unsaturated/α-hetero) is 1. The van der Waals surface area contributed by atoms with Gasteiger partial charge in [0, 0.05) is 5.56 Å². The van der Waals surface area contributed by atoms with Gasteiger partial charge in [0.15, 0.2) is 28.4 Å². The second-order valence-corrected chi connectivity index (χ2v) is 7.93. The number of ketones is 1. The molecule has 3 aromatic carbocycles. The van der Waals surface area contributed by atoms with Crippen molar-refractivity contribution >= 4 is 17.5 Å². The van der Waals surface area contributed by atoms with Gasteiger partial charge in [-0.3, -0.25) is 9.36 Å². The smallest absolute Gasteiger partial charge is 0.196 e. The topological polar surface area (TPSA) is 66.2 Å². The highest BCUT2D eigenvalue weighted by Gasteiger charge is 2.19. The van der Waals surface area contributed by atoms with Gasteiger partial charge in [-0.2, -0.15) is 0 Å². The molecule has 0 saturated heterocycles. The zero-order chi connectivity index (χ0) is 24.1. The highest BCUT2D eigenvalue weighted by Crippen LogP contribution is 2.26. The highest BCUT2D eigenvalue weighted by atomic mass is 32.2. The van der Waals surface area contributed by atoms with E-state index >= 15 is 0 Å². The Morgan fingerprint density at radius 2 is 1.65 bits per heavy atom. The Labute approximate surface area is 197 Å². The minimum Gasteiger partial charge on any atom is -0.497 e. The number of halogens is 3. The summed E-state index contributed by atoms with van der Waals surface area (Å²) in [6.45, 7) is -0.0225. The summed E-state index contributed by atoms with van der Waals surface area (Å²) in [5, 5.41) is 8.45. The molecule has 0 spiro atoms. The van der Waals surface area contributed by atoms with Gasteiger partial charge in [-0.15, -0.1) is 10.2 Å². The van der Waals surface area contributed by atoms with Crippen molar-refractivity contribution in [2.45, 2.75) is 11.8 Å². The van der Waals surface area contributed by atoms with Gasteiger partial charge in [0.1, 0.15) is 23.9 Å². The molecule has 1 heterocycles. The summed E-state index contributed by atoms with van der Waals surface area (Å²) in [5.74, 6) is -1.71. The number of rotatable bonds is 9. The average Bonchev–Trinajstić information content (AvgIpc) is 3.26. The lowest BCUT2D eigenvalue weighted by atomic mass is 10.1. The Kier molecular flexibility index (Phi) is 7.17. The fourth-order valence-corrected chi connectivity index (χ4v) is 3.92. The molecule has 174 valence electrons. The molecule has 10 heteroatoms. The molecule has 6 nitrogen and oxygen atoms in total. The summed E-state index contributed by atoms with van der Waals surface area (Å²) in [7, 11) is 1.56. The monoisotopic (exact) mass is 485 g/mol. The van der Waals surface area contributed by atoms with E-state index in [9.17, 15) is 18.0 Å². The minimum absolute atomic E-state index is 0.0198. The number of methoxy groups -OCH3 is 1. The van der Waals surface area contributed by atoms with Crippen LogP contribution in [0, 0.1) is 17.5 Å². The molecule has 0 radical (unpaired) electrons. The lowest BCUT2D eigenvalue weighted by molar-refractivity contribution is 0.102. The van der Waals surface area contributed by atoms with Crippen LogP contribution in [-0.2, 0) is 6.61 Å². The first-order valence-electron chi connectivity index (χ1n) is 10.0. The lowest BCUT2D eigenvalue weighted by Gasteiger charge is -2.12. The van der Waals surface area contributed by atoms with Gasteiger partial charge in [-0.25, -0.2) is 13.2 Å². The first-order chi connectivity index (χ1) is 16.5. The largest absolute Gasteiger partial charge is 0.497 e. The molecule has 0 amide bonds. The first kappa shape index (κ1) is 23.4. The Bertz CT molecular complexity index is 1310. The van der Waals surface area contributed by atoms with Crippen LogP contribution >= 0.6 is 11.8 Å². The fraction of sp³-hybridized carbons (Fsp3) is 0.125. The van der Waals surface area contributed by atoms with Gasteiger partial charge in [0.2, 0.25) is 0 Å². The van der Waals surface area contributed by atoms with E-state index in [1.54, 1.807) is 49.6 Å². The maximum absolute atomic E-state index is 14.6. The van der Waals surface area contributed by atoms with Crippen LogP contribution in [0.25, 0.3) is 5.69 Å². The molecule has 4 aromatic rings. The van der Waals surface area contributed by atoms with E-state index in [2.05, 4.69) is 10.2 Å².